The van der Waals surface area contributed by atoms with Gasteiger partial charge in [0.15, 0.2) is 0 Å². The Bertz CT molecular complexity index is 206. The number of allylic oxidation sites excluding steroid dienone is 1. The lowest BCUT2D eigenvalue weighted by Crippen LogP contribution is -2.01. The van der Waals surface area contributed by atoms with Gasteiger partial charge in [0.25, 0.3) is 0 Å². The molecule has 1 aliphatic heterocycles. The maximum atomic E-state index is 5.50. The summed E-state index contributed by atoms with van der Waals surface area (Å²) < 4.78 is 5.50. The van der Waals surface area contributed by atoms with Gasteiger partial charge >= 0.3 is 0 Å². The van der Waals surface area contributed by atoms with Crippen LogP contribution in [-0.4, -0.2) is 11.4 Å². The summed E-state index contributed by atoms with van der Waals surface area (Å²) in [5, 5.41) is 0.688. The molecule has 0 aromatic rings. The lowest BCUT2D eigenvalue weighted by atomic mass is 10.3. The van der Waals surface area contributed by atoms with E-state index in [2.05, 4.69) is 19.6 Å². The zero-order valence-electron chi connectivity index (χ0n) is 7.96. The molecule has 0 radical (unpaired) electrons. The third kappa shape index (κ3) is 2.59. The molecule has 0 spiro atoms. The lowest BCUT2D eigenvalue weighted by Gasteiger charge is -2.13. The minimum absolute atomic E-state index is 0.231. The quantitative estimate of drug-likeness (QED) is 0.622. The third-order valence-electron chi connectivity index (χ3n) is 1.62. The number of rotatable bonds is 3. The molecule has 0 N–H and O–H groups in total. The van der Waals surface area contributed by atoms with Gasteiger partial charge in [0.05, 0.1) is 6.10 Å². The first-order valence-corrected chi connectivity index (χ1v) is 5.20. The zero-order chi connectivity index (χ0) is 9.14. The first-order valence-electron chi connectivity index (χ1n) is 4.32. The summed E-state index contributed by atoms with van der Waals surface area (Å²) in [6.45, 7) is 10.2. The summed E-state index contributed by atoms with van der Waals surface area (Å²) >= 11 is 1.85. The van der Waals surface area contributed by atoms with Crippen molar-refractivity contribution in [3.8, 4) is 0 Å². The molecule has 0 aromatic carbocycles. The minimum atomic E-state index is 0.231. The summed E-state index contributed by atoms with van der Waals surface area (Å²) in [5.74, 6) is 0.833. The van der Waals surface area contributed by atoms with Crippen LogP contribution in [-0.2, 0) is 4.74 Å². The van der Waals surface area contributed by atoms with Gasteiger partial charge in [0.2, 0.25) is 0 Å². The van der Waals surface area contributed by atoms with Crippen molar-refractivity contribution in [3.05, 3.63) is 23.3 Å². The summed E-state index contributed by atoms with van der Waals surface area (Å²) in [6.07, 6.45) is 3.58. The highest BCUT2D eigenvalue weighted by atomic mass is 32.2. The van der Waals surface area contributed by atoms with Crippen molar-refractivity contribution in [2.24, 2.45) is 0 Å². The monoisotopic (exact) mass is 184 g/mol. The van der Waals surface area contributed by atoms with E-state index in [0.29, 0.717) is 5.25 Å². The van der Waals surface area contributed by atoms with Crippen molar-refractivity contribution in [1.29, 1.82) is 0 Å². The van der Waals surface area contributed by atoms with Crippen LogP contribution in [0.2, 0.25) is 0 Å². The van der Waals surface area contributed by atoms with Crippen LogP contribution in [0.3, 0.4) is 0 Å². The van der Waals surface area contributed by atoms with Crippen molar-refractivity contribution in [3.63, 3.8) is 0 Å². The number of thioether (sulfide) groups is 1. The predicted octanol–water partition coefficient (Wildman–Crippen LogP) is 3.33. The Morgan fingerprint density at radius 2 is 2.42 bits per heavy atom. The Labute approximate surface area is 78.9 Å². The largest absolute Gasteiger partial charge is 0.490 e. The molecule has 0 saturated heterocycles. The van der Waals surface area contributed by atoms with Gasteiger partial charge in [-0.1, -0.05) is 19.6 Å². The second kappa shape index (κ2) is 4.04. The molecule has 12 heavy (non-hydrogen) atoms. The molecule has 68 valence electrons. The second-order valence-corrected chi connectivity index (χ2v) is 4.80. The van der Waals surface area contributed by atoms with Crippen LogP contribution in [0.15, 0.2) is 23.3 Å². The molecule has 2 heteroatoms. The van der Waals surface area contributed by atoms with Gasteiger partial charge in [0, 0.05) is 10.2 Å². The van der Waals surface area contributed by atoms with E-state index in [1.165, 1.54) is 4.91 Å². The molecule has 0 saturated carbocycles. The topological polar surface area (TPSA) is 9.23 Å². The van der Waals surface area contributed by atoms with Crippen molar-refractivity contribution >= 4 is 11.8 Å². The summed E-state index contributed by atoms with van der Waals surface area (Å²) in [5.41, 5.74) is 0. The molecule has 0 amide bonds. The average Bonchev–Trinajstić information content (AvgIpc) is 2.34. The van der Waals surface area contributed by atoms with E-state index >= 15 is 0 Å². The summed E-state index contributed by atoms with van der Waals surface area (Å²) in [6, 6.07) is 0. The summed E-state index contributed by atoms with van der Waals surface area (Å²) in [4.78, 5) is 1.22. The Balaban J connectivity index is 2.43. The molecule has 0 aliphatic carbocycles. The molecule has 1 rings (SSSR count). The summed E-state index contributed by atoms with van der Waals surface area (Å²) in [7, 11) is 0. The SMILES string of the molecule is C=C(OC(C)C)C1=CCC(C)S1. The Hall–Kier alpha value is -0.370. The second-order valence-electron chi connectivity index (χ2n) is 3.32. The first-order chi connectivity index (χ1) is 5.59. The van der Waals surface area contributed by atoms with Crippen LogP contribution in [0.25, 0.3) is 0 Å². The maximum Gasteiger partial charge on any atom is 0.125 e. The van der Waals surface area contributed by atoms with Crippen LogP contribution >= 0.6 is 11.8 Å². The van der Waals surface area contributed by atoms with E-state index in [1.54, 1.807) is 0 Å². The van der Waals surface area contributed by atoms with Crippen LogP contribution < -0.4 is 0 Å². The molecule has 0 fully saturated rings. The van der Waals surface area contributed by atoms with Crippen molar-refractivity contribution in [1.82, 2.24) is 0 Å². The van der Waals surface area contributed by atoms with Crippen LogP contribution in [0, 0.1) is 0 Å². The van der Waals surface area contributed by atoms with Crippen molar-refractivity contribution < 1.29 is 4.74 Å². The average molecular weight is 184 g/mol. The fourth-order valence-corrected chi connectivity index (χ4v) is 2.11. The fourth-order valence-electron chi connectivity index (χ4n) is 1.11. The van der Waals surface area contributed by atoms with Crippen molar-refractivity contribution in [2.75, 3.05) is 0 Å². The smallest absolute Gasteiger partial charge is 0.125 e. The van der Waals surface area contributed by atoms with Gasteiger partial charge in [0.1, 0.15) is 5.76 Å². The fraction of sp³-hybridized carbons (Fsp3) is 0.600. The zero-order valence-corrected chi connectivity index (χ0v) is 8.78. The maximum absolute atomic E-state index is 5.50. The highest BCUT2D eigenvalue weighted by molar-refractivity contribution is 8.04. The molecule has 1 nitrogen and oxygen atoms in total. The molecule has 1 heterocycles. The minimum Gasteiger partial charge on any atom is -0.490 e. The van der Waals surface area contributed by atoms with E-state index in [4.69, 9.17) is 4.74 Å². The first kappa shape index (κ1) is 9.72. The van der Waals surface area contributed by atoms with E-state index < -0.39 is 0 Å². The van der Waals surface area contributed by atoms with Gasteiger partial charge in [-0.25, -0.2) is 0 Å². The normalized spacial score (nSPS) is 22.7. The number of hydrogen-bond acceptors (Lipinski definition) is 2. The molecule has 1 atom stereocenters. The van der Waals surface area contributed by atoms with Gasteiger partial charge in [-0.2, -0.15) is 0 Å². The van der Waals surface area contributed by atoms with Gasteiger partial charge in [-0.3, -0.25) is 0 Å². The molecular weight excluding hydrogens is 168 g/mol. The van der Waals surface area contributed by atoms with Crippen LogP contribution in [0.1, 0.15) is 27.2 Å². The van der Waals surface area contributed by atoms with Crippen molar-refractivity contribution in [2.45, 2.75) is 38.5 Å². The molecule has 1 unspecified atom stereocenters. The standard InChI is InChI=1S/C10H16OS/c1-7(2)11-9(4)10-6-5-8(3)12-10/h6-8H,4-5H2,1-3H3. The highest BCUT2D eigenvalue weighted by Gasteiger charge is 2.16. The van der Waals surface area contributed by atoms with E-state index in [1.807, 2.05) is 25.6 Å². The molecule has 1 aliphatic rings. The van der Waals surface area contributed by atoms with Gasteiger partial charge in [-0.15, -0.1) is 11.8 Å². The van der Waals surface area contributed by atoms with Gasteiger partial charge < -0.3 is 4.74 Å². The highest BCUT2D eigenvalue weighted by Crippen LogP contribution is 2.36. The van der Waals surface area contributed by atoms with Crippen LogP contribution in [0.5, 0.6) is 0 Å². The Morgan fingerprint density at radius 3 is 2.83 bits per heavy atom. The number of hydrogen-bond donors (Lipinski definition) is 0. The number of ether oxygens (including phenoxy) is 1. The third-order valence-corrected chi connectivity index (χ3v) is 2.86. The van der Waals surface area contributed by atoms with Gasteiger partial charge in [-0.05, 0) is 20.3 Å². The predicted molar refractivity (Wildman–Crippen MR) is 55.1 cm³/mol. The lowest BCUT2D eigenvalue weighted by molar-refractivity contribution is 0.158. The Morgan fingerprint density at radius 1 is 1.75 bits per heavy atom. The molecule has 0 bridgehead atoms. The Kier molecular flexibility index (Phi) is 3.27. The van der Waals surface area contributed by atoms with E-state index in [0.717, 1.165) is 12.2 Å². The molecular formula is C10H16OS. The van der Waals surface area contributed by atoms with E-state index in [9.17, 15) is 0 Å². The molecule has 0 aromatic heterocycles. The van der Waals surface area contributed by atoms with E-state index in [-0.39, 0.29) is 6.10 Å². The van der Waals surface area contributed by atoms with Crippen LogP contribution in [0.4, 0.5) is 0 Å².